The Kier molecular flexibility index (Phi) is 3.72. The first-order valence-electron chi connectivity index (χ1n) is 6.91. The highest BCUT2D eigenvalue weighted by Crippen LogP contribution is 2.38. The molecule has 0 radical (unpaired) electrons. The maximum atomic E-state index is 13.3. The molecule has 0 saturated heterocycles. The van der Waals surface area contributed by atoms with E-state index < -0.39 is 38.3 Å². The average molecular weight is 369 g/mol. The molecule has 1 heterocycles. The van der Waals surface area contributed by atoms with Crippen LogP contribution in [0.1, 0.15) is 26.3 Å². The van der Waals surface area contributed by atoms with Gasteiger partial charge in [-0.2, -0.15) is 13.2 Å². The lowest BCUT2D eigenvalue weighted by Gasteiger charge is -2.18. The third-order valence-corrected chi connectivity index (χ3v) is 4.88. The first-order valence-corrected chi connectivity index (χ1v) is 8.80. The van der Waals surface area contributed by atoms with E-state index in [0.29, 0.717) is 17.2 Å². The molecule has 0 fully saturated rings. The van der Waals surface area contributed by atoms with Gasteiger partial charge in [0.1, 0.15) is 0 Å². The number of fused-ring (bicyclic) bond motifs is 1. The van der Waals surface area contributed by atoms with Gasteiger partial charge in [0.05, 0.1) is 27.3 Å². The van der Waals surface area contributed by atoms with E-state index in [-0.39, 0.29) is 16.8 Å². The highest BCUT2D eigenvalue weighted by Gasteiger charge is 2.40. The summed E-state index contributed by atoms with van der Waals surface area (Å²) in [5.74, 6) is -1.53. The number of alkyl halides is 3. The maximum Gasteiger partial charge on any atom is 0.417 e. The molecule has 0 atom stereocenters. The number of anilines is 1. The van der Waals surface area contributed by atoms with Crippen molar-refractivity contribution >= 4 is 27.3 Å². The van der Waals surface area contributed by atoms with Gasteiger partial charge in [0.25, 0.3) is 11.8 Å². The highest BCUT2D eigenvalue weighted by molar-refractivity contribution is 7.90. The number of carbonyl (C=O) groups is 2. The molecule has 0 aliphatic carbocycles. The molecule has 0 unspecified atom stereocenters. The predicted molar refractivity (Wildman–Crippen MR) is 82.1 cm³/mol. The van der Waals surface area contributed by atoms with E-state index >= 15 is 0 Å². The first-order chi connectivity index (χ1) is 11.5. The molecule has 2 aromatic carbocycles. The van der Waals surface area contributed by atoms with Gasteiger partial charge in [0, 0.05) is 6.26 Å². The minimum atomic E-state index is -4.97. The van der Waals surface area contributed by atoms with Crippen molar-refractivity contribution in [2.45, 2.75) is 11.1 Å². The molecule has 2 aromatic rings. The van der Waals surface area contributed by atoms with Crippen molar-refractivity contribution in [2.75, 3.05) is 11.2 Å². The number of nitrogens with zero attached hydrogens (tertiary/aromatic N) is 1. The fourth-order valence-electron chi connectivity index (χ4n) is 2.63. The summed E-state index contributed by atoms with van der Waals surface area (Å²) >= 11 is 0. The smallest absolute Gasteiger partial charge is 0.268 e. The fourth-order valence-corrected chi connectivity index (χ4v) is 3.52. The lowest BCUT2D eigenvalue weighted by Crippen LogP contribution is -2.30. The summed E-state index contributed by atoms with van der Waals surface area (Å²) in [6.07, 6.45) is -4.31. The van der Waals surface area contributed by atoms with E-state index in [2.05, 4.69) is 0 Å². The van der Waals surface area contributed by atoms with E-state index in [1.165, 1.54) is 24.3 Å². The number of hydrogen-bond donors (Lipinski definition) is 0. The second-order valence-corrected chi connectivity index (χ2v) is 7.43. The zero-order valence-corrected chi connectivity index (χ0v) is 13.5. The fraction of sp³-hybridized carbons (Fsp3) is 0.125. The molecule has 5 nitrogen and oxygen atoms in total. The lowest BCUT2D eigenvalue weighted by atomic mass is 10.1. The molecule has 0 bridgehead atoms. The van der Waals surface area contributed by atoms with Gasteiger partial charge < -0.3 is 0 Å². The van der Waals surface area contributed by atoms with Crippen LogP contribution in [0.2, 0.25) is 0 Å². The maximum absolute atomic E-state index is 13.3. The second-order valence-electron chi connectivity index (χ2n) is 5.44. The normalized spacial score (nSPS) is 14.8. The third-order valence-electron chi connectivity index (χ3n) is 3.72. The van der Waals surface area contributed by atoms with Gasteiger partial charge in [-0.05, 0) is 30.3 Å². The van der Waals surface area contributed by atoms with Crippen molar-refractivity contribution in [1.82, 2.24) is 0 Å². The topological polar surface area (TPSA) is 71.5 Å². The summed E-state index contributed by atoms with van der Waals surface area (Å²) < 4.78 is 62.9. The minimum absolute atomic E-state index is 0.0771. The van der Waals surface area contributed by atoms with E-state index in [0.717, 1.165) is 12.1 Å². The number of benzene rings is 2. The van der Waals surface area contributed by atoms with Crippen LogP contribution >= 0.6 is 0 Å². The van der Waals surface area contributed by atoms with Gasteiger partial charge in [-0.25, -0.2) is 13.3 Å². The van der Waals surface area contributed by atoms with Crippen molar-refractivity contribution in [1.29, 1.82) is 0 Å². The van der Waals surface area contributed by atoms with Crippen LogP contribution in [0.5, 0.6) is 0 Å². The Labute approximate surface area is 140 Å². The van der Waals surface area contributed by atoms with Gasteiger partial charge in [-0.1, -0.05) is 12.1 Å². The predicted octanol–water partition coefficient (Wildman–Crippen LogP) is 2.91. The number of carbonyl (C=O) groups excluding carboxylic acids is 2. The largest absolute Gasteiger partial charge is 0.417 e. The van der Waals surface area contributed by atoms with Crippen LogP contribution in [0.25, 0.3) is 0 Å². The summed E-state index contributed by atoms with van der Waals surface area (Å²) in [7, 11) is -4.15. The van der Waals surface area contributed by atoms with Crippen LogP contribution in [-0.4, -0.2) is 26.5 Å². The number of rotatable bonds is 2. The van der Waals surface area contributed by atoms with Crippen LogP contribution in [-0.2, 0) is 16.0 Å². The molecule has 2 amide bonds. The summed E-state index contributed by atoms with van der Waals surface area (Å²) in [6, 6.07) is 8.10. The van der Waals surface area contributed by atoms with Gasteiger partial charge in [0.2, 0.25) is 0 Å². The summed E-state index contributed by atoms with van der Waals surface area (Å²) in [5, 5.41) is 0. The molecular weight excluding hydrogens is 359 g/mol. The van der Waals surface area contributed by atoms with Gasteiger partial charge in [-0.3, -0.25) is 9.59 Å². The number of amides is 2. The number of hydrogen-bond acceptors (Lipinski definition) is 4. The van der Waals surface area contributed by atoms with Crippen LogP contribution < -0.4 is 4.90 Å². The molecule has 1 aliphatic heterocycles. The van der Waals surface area contributed by atoms with Gasteiger partial charge in [0.15, 0.2) is 9.84 Å². The van der Waals surface area contributed by atoms with Gasteiger partial charge >= 0.3 is 6.18 Å². The van der Waals surface area contributed by atoms with E-state index in [1.54, 1.807) is 0 Å². The lowest BCUT2D eigenvalue weighted by molar-refractivity contribution is -0.139. The molecule has 3 rings (SSSR count). The van der Waals surface area contributed by atoms with Crippen LogP contribution in [0, 0.1) is 0 Å². The van der Waals surface area contributed by atoms with E-state index in [1.807, 2.05) is 0 Å². The van der Waals surface area contributed by atoms with Crippen LogP contribution in [0.15, 0.2) is 47.4 Å². The standard InChI is InChI=1S/C16H10F3NO4S/c1-25(23,24)13-7-6-9(8-12(13)16(17,18)19)20-14(21)10-4-2-3-5-11(10)15(20)22/h2-8H,1H3. The van der Waals surface area contributed by atoms with Crippen molar-refractivity contribution in [3.05, 3.63) is 59.2 Å². The molecule has 0 spiro atoms. The molecule has 9 heteroatoms. The van der Waals surface area contributed by atoms with E-state index in [9.17, 15) is 31.2 Å². The highest BCUT2D eigenvalue weighted by atomic mass is 32.2. The number of halogens is 3. The molecule has 1 aliphatic rings. The summed E-state index contributed by atoms with van der Waals surface area (Å²) in [5.41, 5.74) is -1.61. The monoisotopic (exact) mass is 369 g/mol. The second kappa shape index (κ2) is 5.41. The molecule has 25 heavy (non-hydrogen) atoms. The summed E-state index contributed by atoms with van der Waals surface area (Å²) in [4.78, 5) is 24.4. The molecular formula is C16H10F3NO4S. The van der Waals surface area contributed by atoms with Crippen molar-refractivity contribution in [3.63, 3.8) is 0 Å². The first kappa shape index (κ1) is 17.2. The molecule has 0 N–H and O–H groups in total. The SMILES string of the molecule is CS(=O)(=O)c1ccc(N2C(=O)c3ccccc3C2=O)cc1C(F)(F)F. The minimum Gasteiger partial charge on any atom is -0.268 e. The zero-order chi connectivity index (χ0) is 18.6. The van der Waals surface area contributed by atoms with Crippen molar-refractivity contribution < 1.29 is 31.2 Å². The number of imide groups is 1. The Morgan fingerprint density at radius 2 is 1.44 bits per heavy atom. The number of sulfone groups is 1. The Hall–Kier alpha value is -2.68. The Balaban J connectivity index is 2.18. The van der Waals surface area contributed by atoms with E-state index in [4.69, 9.17) is 0 Å². The van der Waals surface area contributed by atoms with Crippen LogP contribution in [0.4, 0.5) is 18.9 Å². The Bertz CT molecular complexity index is 977. The average Bonchev–Trinajstić information content (AvgIpc) is 2.77. The molecule has 0 saturated carbocycles. The van der Waals surface area contributed by atoms with Crippen LogP contribution in [0.3, 0.4) is 0 Å². The third kappa shape index (κ3) is 2.80. The Morgan fingerprint density at radius 3 is 1.88 bits per heavy atom. The van der Waals surface area contributed by atoms with Crippen molar-refractivity contribution in [2.24, 2.45) is 0 Å². The van der Waals surface area contributed by atoms with Gasteiger partial charge in [-0.15, -0.1) is 0 Å². The zero-order valence-electron chi connectivity index (χ0n) is 12.7. The molecule has 0 aromatic heterocycles. The Morgan fingerprint density at radius 1 is 0.920 bits per heavy atom. The molecule has 130 valence electrons. The summed E-state index contributed by atoms with van der Waals surface area (Å²) in [6.45, 7) is 0. The quantitative estimate of drug-likeness (QED) is 0.763. The van der Waals surface area contributed by atoms with Crippen molar-refractivity contribution in [3.8, 4) is 0 Å².